The fourth-order valence-electron chi connectivity index (χ4n) is 4.76. The van der Waals surface area contributed by atoms with Crippen LogP contribution >= 0.6 is 24.0 Å². The van der Waals surface area contributed by atoms with E-state index in [9.17, 15) is 9.59 Å². The van der Waals surface area contributed by atoms with Gasteiger partial charge in [-0.25, -0.2) is 0 Å². The van der Waals surface area contributed by atoms with E-state index in [2.05, 4.69) is 22.5 Å². The minimum absolute atomic E-state index is 0. The van der Waals surface area contributed by atoms with Gasteiger partial charge in [-0.05, 0) is 38.0 Å². The van der Waals surface area contributed by atoms with Crippen LogP contribution in [0.2, 0.25) is 0 Å². The number of hydrogen-bond donors (Lipinski definition) is 2. The molecule has 2 saturated heterocycles. The van der Waals surface area contributed by atoms with Gasteiger partial charge in [-0.1, -0.05) is 19.8 Å². The molecule has 0 bridgehead atoms. The molecule has 8 heteroatoms. The molecular weight excluding hydrogens is 481 g/mol. The molecule has 3 aliphatic rings. The molecule has 0 spiro atoms. The zero-order valence-electron chi connectivity index (χ0n) is 18.0. The molecule has 1 aliphatic carbocycles. The van der Waals surface area contributed by atoms with Crippen LogP contribution < -0.4 is 10.6 Å². The standard InChI is InChI=1S/C21H37N5O2.HI/c1-16-6-5-12-25(14-16)19(27)9-11-23-21(22-2)24-18-10-13-26(15-18)20(28)17-7-3-4-8-17;/h16-18H,3-15H2,1-2H3,(H2,22,23,24);1H. The van der Waals surface area contributed by atoms with E-state index >= 15 is 0 Å². The Morgan fingerprint density at radius 1 is 1.00 bits per heavy atom. The summed E-state index contributed by atoms with van der Waals surface area (Å²) in [4.78, 5) is 33.3. The maximum Gasteiger partial charge on any atom is 0.225 e. The first kappa shape index (κ1) is 24.2. The summed E-state index contributed by atoms with van der Waals surface area (Å²) in [5.41, 5.74) is 0. The molecule has 3 rings (SSSR count). The lowest BCUT2D eigenvalue weighted by Crippen LogP contribution is -2.46. The highest BCUT2D eigenvalue weighted by atomic mass is 127. The largest absolute Gasteiger partial charge is 0.356 e. The number of carbonyl (C=O) groups is 2. The first-order chi connectivity index (χ1) is 13.6. The molecule has 0 aromatic rings. The number of amides is 2. The molecule has 0 aromatic carbocycles. The fourth-order valence-corrected chi connectivity index (χ4v) is 4.76. The highest BCUT2D eigenvalue weighted by Crippen LogP contribution is 2.27. The quantitative estimate of drug-likeness (QED) is 0.332. The number of rotatable bonds is 5. The fraction of sp³-hybridized carbons (Fsp3) is 0.857. The van der Waals surface area contributed by atoms with Crippen LogP contribution in [0.3, 0.4) is 0 Å². The third-order valence-corrected chi connectivity index (χ3v) is 6.41. The smallest absolute Gasteiger partial charge is 0.225 e. The van der Waals surface area contributed by atoms with E-state index < -0.39 is 0 Å². The highest BCUT2D eigenvalue weighted by molar-refractivity contribution is 14.0. The lowest BCUT2D eigenvalue weighted by molar-refractivity contribution is -0.134. The number of carbonyl (C=O) groups excluding carboxylic acids is 2. The van der Waals surface area contributed by atoms with E-state index in [1.54, 1.807) is 7.05 Å². The Bertz CT molecular complexity index is 579. The molecule has 166 valence electrons. The predicted molar refractivity (Wildman–Crippen MR) is 126 cm³/mol. The Morgan fingerprint density at radius 2 is 1.76 bits per heavy atom. The first-order valence-electron chi connectivity index (χ1n) is 11.1. The van der Waals surface area contributed by atoms with Crippen LogP contribution in [0, 0.1) is 11.8 Å². The van der Waals surface area contributed by atoms with E-state index in [1.807, 2.05) is 9.80 Å². The van der Waals surface area contributed by atoms with E-state index in [0.29, 0.717) is 24.8 Å². The molecule has 2 amide bonds. The maximum atomic E-state index is 12.6. The molecule has 3 fully saturated rings. The zero-order valence-corrected chi connectivity index (χ0v) is 20.3. The van der Waals surface area contributed by atoms with Gasteiger partial charge in [0.1, 0.15) is 0 Å². The van der Waals surface area contributed by atoms with Gasteiger partial charge in [0.2, 0.25) is 11.8 Å². The second-order valence-corrected chi connectivity index (χ2v) is 8.73. The monoisotopic (exact) mass is 519 g/mol. The summed E-state index contributed by atoms with van der Waals surface area (Å²) in [5, 5.41) is 6.69. The van der Waals surface area contributed by atoms with Crippen molar-refractivity contribution < 1.29 is 9.59 Å². The molecule has 0 radical (unpaired) electrons. The minimum atomic E-state index is 0. The predicted octanol–water partition coefficient (Wildman–Crippen LogP) is 2.21. The number of hydrogen-bond acceptors (Lipinski definition) is 3. The average Bonchev–Trinajstić information content (AvgIpc) is 3.38. The van der Waals surface area contributed by atoms with Crippen LogP contribution in [0.25, 0.3) is 0 Å². The second kappa shape index (κ2) is 12.0. The molecule has 2 unspecified atom stereocenters. The summed E-state index contributed by atoms with van der Waals surface area (Å²) in [7, 11) is 1.75. The van der Waals surface area contributed by atoms with Gasteiger partial charge in [0.15, 0.2) is 5.96 Å². The lowest BCUT2D eigenvalue weighted by Gasteiger charge is -2.31. The summed E-state index contributed by atoms with van der Waals surface area (Å²) in [6.07, 6.45) is 8.27. The van der Waals surface area contributed by atoms with Crippen LogP contribution in [0.4, 0.5) is 0 Å². The van der Waals surface area contributed by atoms with Gasteiger partial charge in [0.05, 0.1) is 0 Å². The number of aliphatic imine (C=N–C) groups is 1. The minimum Gasteiger partial charge on any atom is -0.356 e. The van der Waals surface area contributed by atoms with E-state index in [0.717, 1.165) is 57.8 Å². The normalized spacial score (nSPS) is 25.7. The number of nitrogens with zero attached hydrogens (tertiary/aromatic N) is 3. The van der Waals surface area contributed by atoms with Gasteiger partial charge in [-0.2, -0.15) is 0 Å². The zero-order chi connectivity index (χ0) is 19.9. The molecule has 2 aliphatic heterocycles. The number of guanidine groups is 1. The Morgan fingerprint density at radius 3 is 2.45 bits per heavy atom. The number of likely N-dealkylation sites (tertiary alicyclic amines) is 2. The molecular formula is C21H38IN5O2. The van der Waals surface area contributed by atoms with Crippen molar-refractivity contribution in [3.8, 4) is 0 Å². The SMILES string of the molecule is CN=C(NCCC(=O)N1CCCC(C)C1)NC1CCN(C(=O)C2CCCC2)C1.I. The topological polar surface area (TPSA) is 77.0 Å². The first-order valence-corrected chi connectivity index (χ1v) is 11.1. The van der Waals surface area contributed by atoms with Crippen LogP contribution in [0.5, 0.6) is 0 Å². The second-order valence-electron chi connectivity index (χ2n) is 8.73. The Labute approximate surface area is 192 Å². The van der Waals surface area contributed by atoms with Crippen molar-refractivity contribution in [3.05, 3.63) is 0 Å². The van der Waals surface area contributed by atoms with Gasteiger partial charge in [-0.3, -0.25) is 14.6 Å². The average molecular weight is 519 g/mol. The van der Waals surface area contributed by atoms with Crippen molar-refractivity contribution in [2.24, 2.45) is 16.8 Å². The van der Waals surface area contributed by atoms with E-state index in [1.165, 1.54) is 19.3 Å². The van der Waals surface area contributed by atoms with E-state index in [4.69, 9.17) is 0 Å². The van der Waals surface area contributed by atoms with Crippen molar-refractivity contribution >= 4 is 41.8 Å². The third kappa shape index (κ3) is 7.00. The third-order valence-electron chi connectivity index (χ3n) is 6.41. The van der Waals surface area contributed by atoms with Crippen LogP contribution in [-0.2, 0) is 9.59 Å². The summed E-state index contributed by atoms with van der Waals surface area (Å²) in [6, 6.07) is 0.232. The van der Waals surface area contributed by atoms with Gasteiger partial charge >= 0.3 is 0 Å². The summed E-state index contributed by atoms with van der Waals surface area (Å²) >= 11 is 0. The van der Waals surface area contributed by atoms with Crippen LogP contribution in [-0.4, -0.2) is 73.4 Å². The highest BCUT2D eigenvalue weighted by Gasteiger charge is 2.32. The number of nitrogens with one attached hydrogen (secondary N) is 2. The summed E-state index contributed by atoms with van der Waals surface area (Å²) in [6.45, 7) is 6.16. The van der Waals surface area contributed by atoms with Crippen molar-refractivity contribution in [2.75, 3.05) is 39.8 Å². The summed E-state index contributed by atoms with van der Waals surface area (Å²) < 4.78 is 0. The van der Waals surface area contributed by atoms with Crippen molar-refractivity contribution in [1.29, 1.82) is 0 Å². The van der Waals surface area contributed by atoms with Gasteiger partial charge in [0.25, 0.3) is 0 Å². The Hall–Kier alpha value is -1.06. The molecule has 2 heterocycles. The maximum absolute atomic E-state index is 12.6. The molecule has 1 saturated carbocycles. The molecule has 2 atom stereocenters. The van der Waals surface area contributed by atoms with E-state index in [-0.39, 0.29) is 41.8 Å². The van der Waals surface area contributed by atoms with Gasteiger partial charge < -0.3 is 20.4 Å². The van der Waals surface area contributed by atoms with Crippen molar-refractivity contribution in [2.45, 2.75) is 64.3 Å². The van der Waals surface area contributed by atoms with Crippen molar-refractivity contribution in [1.82, 2.24) is 20.4 Å². The lowest BCUT2D eigenvalue weighted by atomic mass is 10.00. The molecule has 2 N–H and O–H groups in total. The van der Waals surface area contributed by atoms with Gasteiger partial charge in [0, 0.05) is 58.2 Å². The van der Waals surface area contributed by atoms with Crippen LogP contribution in [0.15, 0.2) is 4.99 Å². The Balaban J connectivity index is 0.00000300. The van der Waals surface area contributed by atoms with Crippen LogP contribution in [0.1, 0.15) is 58.3 Å². The van der Waals surface area contributed by atoms with Crippen molar-refractivity contribution in [3.63, 3.8) is 0 Å². The van der Waals surface area contributed by atoms with Gasteiger partial charge in [-0.15, -0.1) is 24.0 Å². The molecule has 7 nitrogen and oxygen atoms in total. The number of piperidine rings is 1. The summed E-state index contributed by atoms with van der Waals surface area (Å²) in [5.74, 6) is 2.15. The molecule has 29 heavy (non-hydrogen) atoms. The number of halogens is 1. The molecule has 0 aromatic heterocycles. The Kier molecular flexibility index (Phi) is 9.98.